The third-order valence-corrected chi connectivity index (χ3v) is 10.5. The van der Waals surface area contributed by atoms with Crippen molar-refractivity contribution in [1.82, 2.24) is 0 Å². The first-order chi connectivity index (χ1) is 28.0. The number of hydrogen-bond donors (Lipinski definition) is 11. The summed E-state index contributed by atoms with van der Waals surface area (Å²) in [7, 11) is 1.44. The molecule has 0 unspecified atom stereocenters. The molecule has 3 saturated heterocycles. The SMILES string of the molecule is COc1ccc(-c2oc3c(CC=C(C)C)c(O[C@H]4O[C@@H](CO)[C@H](O)[C@@H](O)[C@@H]4O)cc(O)c3c(=O)c2O[C@H]2O[C@H](C)[C@@H](O)[C@H](O)[C@@H]2O[C@H]2O[C@@H](CO)[C@H](O)[C@@H](O)[C@@H]2O)cc1. The zero-order chi connectivity index (χ0) is 43.0. The lowest BCUT2D eigenvalue weighted by Crippen LogP contribution is -2.64. The third kappa shape index (κ3) is 8.79. The highest BCUT2D eigenvalue weighted by Gasteiger charge is 2.51. The van der Waals surface area contributed by atoms with Gasteiger partial charge >= 0.3 is 0 Å². The number of hydrogen-bond acceptors (Lipinski definition) is 20. The smallest absolute Gasteiger partial charge is 0.239 e. The van der Waals surface area contributed by atoms with Crippen molar-refractivity contribution in [3.8, 4) is 34.3 Å². The van der Waals surface area contributed by atoms with E-state index in [4.69, 9.17) is 37.6 Å². The summed E-state index contributed by atoms with van der Waals surface area (Å²) in [5, 5.41) is 115. The predicted molar refractivity (Wildman–Crippen MR) is 199 cm³/mol. The summed E-state index contributed by atoms with van der Waals surface area (Å²) in [5.74, 6) is -1.34. The van der Waals surface area contributed by atoms with Crippen molar-refractivity contribution in [1.29, 1.82) is 0 Å². The van der Waals surface area contributed by atoms with Crippen molar-refractivity contribution in [2.24, 2.45) is 0 Å². The van der Waals surface area contributed by atoms with E-state index in [2.05, 4.69) is 0 Å². The van der Waals surface area contributed by atoms with Crippen LogP contribution in [0.5, 0.6) is 23.0 Å². The first-order valence-electron chi connectivity index (χ1n) is 18.8. The van der Waals surface area contributed by atoms with Gasteiger partial charge in [0.1, 0.15) is 89.3 Å². The summed E-state index contributed by atoms with van der Waals surface area (Å²) >= 11 is 0. The molecule has 11 N–H and O–H groups in total. The van der Waals surface area contributed by atoms with Gasteiger partial charge in [-0.05, 0) is 51.5 Å². The molecule has 3 fully saturated rings. The molecule has 3 aromatic rings. The van der Waals surface area contributed by atoms with E-state index in [-0.39, 0.29) is 34.6 Å². The second-order valence-electron chi connectivity index (χ2n) is 14.8. The second-order valence-corrected chi connectivity index (χ2v) is 14.8. The largest absolute Gasteiger partial charge is 0.507 e. The molecule has 326 valence electrons. The number of fused-ring (bicyclic) bond motifs is 1. The Morgan fingerprint density at radius 3 is 1.92 bits per heavy atom. The minimum absolute atomic E-state index is 0.000587. The van der Waals surface area contributed by atoms with Crippen LogP contribution >= 0.6 is 0 Å². The molecule has 3 aliphatic rings. The van der Waals surface area contributed by atoms with Gasteiger partial charge in [0, 0.05) is 17.2 Å². The molecular formula is C39H50O20. The van der Waals surface area contributed by atoms with Gasteiger partial charge in [-0.15, -0.1) is 0 Å². The van der Waals surface area contributed by atoms with Crippen molar-refractivity contribution < 1.29 is 93.7 Å². The quantitative estimate of drug-likeness (QED) is 0.0870. The lowest BCUT2D eigenvalue weighted by atomic mass is 9.97. The van der Waals surface area contributed by atoms with Crippen LogP contribution in [0.2, 0.25) is 0 Å². The lowest BCUT2D eigenvalue weighted by molar-refractivity contribution is -0.355. The maximum Gasteiger partial charge on any atom is 0.239 e. The van der Waals surface area contributed by atoms with Gasteiger partial charge < -0.3 is 93.7 Å². The monoisotopic (exact) mass is 838 g/mol. The normalized spacial score (nSPS) is 35.0. The second kappa shape index (κ2) is 18.3. The van der Waals surface area contributed by atoms with Crippen LogP contribution in [-0.4, -0.2) is 169 Å². The van der Waals surface area contributed by atoms with Crippen LogP contribution in [-0.2, 0) is 25.4 Å². The van der Waals surface area contributed by atoms with E-state index in [0.29, 0.717) is 5.75 Å². The number of methoxy groups -OCH3 is 1. The molecule has 15 atom stereocenters. The van der Waals surface area contributed by atoms with E-state index < -0.39 is 128 Å². The molecule has 0 saturated carbocycles. The Balaban J connectivity index is 1.50. The van der Waals surface area contributed by atoms with Crippen molar-refractivity contribution in [3.63, 3.8) is 0 Å². The number of phenolic OH excluding ortho intramolecular Hbond substituents is 1. The van der Waals surface area contributed by atoms with E-state index in [0.717, 1.165) is 11.6 Å². The van der Waals surface area contributed by atoms with E-state index in [1.54, 1.807) is 32.1 Å². The standard InChI is InChI=1S/C39H50O20/c1-14(2)5-10-18-20(54-37-31(50)28(47)25(44)21(12-40)55-37)11-19(42)23-27(46)35(33(57-34(18)23)16-6-8-17(52-4)9-7-16)58-39-36(30(49)24(43)15(3)53-39)59-38-32(51)29(48)26(45)22(13-41)56-38/h5-9,11,15,21-22,24-26,28-32,36-45,47-51H,10,12-13H2,1-4H3/t15-,21+,22+,24-,25+,26+,28-,29-,30+,31+,32+,36+,37+,38-,39-/m1/s1. The number of phenols is 1. The molecule has 20 nitrogen and oxygen atoms in total. The molecule has 0 bridgehead atoms. The summed E-state index contributed by atoms with van der Waals surface area (Å²) in [5.41, 5.74) is -0.0519. The van der Waals surface area contributed by atoms with Gasteiger partial charge in [-0.1, -0.05) is 11.6 Å². The molecule has 0 radical (unpaired) electrons. The van der Waals surface area contributed by atoms with Crippen LogP contribution in [0.4, 0.5) is 0 Å². The molecule has 0 spiro atoms. The maximum atomic E-state index is 14.7. The first-order valence-corrected chi connectivity index (χ1v) is 18.8. The van der Waals surface area contributed by atoms with Crippen LogP contribution in [0.25, 0.3) is 22.3 Å². The third-order valence-electron chi connectivity index (χ3n) is 10.5. The fraction of sp³-hybridized carbons (Fsp3) is 0.564. The Morgan fingerprint density at radius 1 is 0.746 bits per heavy atom. The van der Waals surface area contributed by atoms with E-state index in [1.165, 1.54) is 26.2 Å². The lowest BCUT2D eigenvalue weighted by Gasteiger charge is -2.45. The fourth-order valence-electron chi connectivity index (χ4n) is 6.99. The topological polar surface area (TPSA) is 317 Å². The molecule has 0 aliphatic carbocycles. The molecule has 2 aromatic carbocycles. The minimum atomic E-state index is -1.94. The van der Waals surface area contributed by atoms with Gasteiger partial charge in [-0.3, -0.25) is 4.79 Å². The van der Waals surface area contributed by atoms with E-state index in [9.17, 15) is 61.0 Å². The van der Waals surface area contributed by atoms with Crippen molar-refractivity contribution in [2.45, 2.75) is 119 Å². The number of ether oxygens (including phenoxy) is 7. The zero-order valence-electron chi connectivity index (χ0n) is 32.3. The van der Waals surface area contributed by atoms with Crippen molar-refractivity contribution in [3.05, 3.63) is 57.8 Å². The number of aromatic hydroxyl groups is 1. The molecule has 59 heavy (non-hydrogen) atoms. The summed E-state index contributed by atoms with van der Waals surface area (Å²) in [6, 6.07) is 7.17. The average molecular weight is 839 g/mol. The highest BCUT2D eigenvalue weighted by atomic mass is 16.8. The van der Waals surface area contributed by atoms with Gasteiger partial charge in [0.25, 0.3) is 0 Å². The van der Waals surface area contributed by atoms with Crippen LogP contribution in [0, 0.1) is 0 Å². The van der Waals surface area contributed by atoms with Gasteiger partial charge in [0.05, 0.1) is 26.4 Å². The Kier molecular flexibility index (Phi) is 13.9. The van der Waals surface area contributed by atoms with Gasteiger partial charge in [0.15, 0.2) is 18.2 Å². The summed E-state index contributed by atoms with van der Waals surface area (Å²) in [6.07, 6.45) is -23.6. The first kappa shape index (κ1) is 44.6. The highest BCUT2D eigenvalue weighted by molar-refractivity contribution is 5.91. The van der Waals surface area contributed by atoms with Gasteiger partial charge in [0.2, 0.25) is 23.8 Å². The molecule has 20 heteroatoms. The number of allylic oxidation sites excluding steroid dienone is 2. The van der Waals surface area contributed by atoms with Crippen molar-refractivity contribution in [2.75, 3.05) is 20.3 Å². The molecule has 4 heterocycles. The minimum Gasteiger partial charge on any atom is -0.507 e. The predicted octanol–water partition coefficient (Wildman–Crippen LogP) is -2.11. The Morgan fingerprint density at radius 2 is 1.34 bits per heavy atom. The van der Waals surface area contributed by atoms with Gasteiger partial charge in [-0.2, -0.15) is 0 Å². The number of aliphatic hydroxyl groups excluding tert-OH is 10. The Labute approximate surface area is 336 Å². The maximum absolute atomic E-state index is 14.7. The van der Waals surface area contributed by atoms with E-state index >= 15 is 0 Å². The van der Waals surface area contributed by atoms with Crippen LogP contribution < -0.4 is 19.6 Å². The molecule has 0 amide bonds. The number of aliphatic hydroxyl groups is 10. The van der Waals surface area contributed by atoms with Gasteiger partial charge in [-0.25, -0.2) is 0 Å². The molecule has 3 aliphatic heterocycles. The van der Waals surface area contributed by atoms with Crippen LogP contribution in [0.3, 0.4) is 0 Å². The summed E-state index contributed by atoms with van der Waals surface area (Å²) in [6.45, 7) is 3.44. The summed E-state index contributed by atoms with van der Waals surface area (Å²) in [4.78, 5) is 14.7. The average Bonchev–Trinajstić information content (AvgIpc) is 3.21. The summed E-state index contributed by atoms with van der Waals surface area (Å²) < 4.78 is 46.6. The fourth-order valence-corrected chi connectivity index (χ4v) is 6.99. The van der Waals surface area contributed by atoms with E-state index in [1.807, 2.05) is 0 Å². The number of benzene rings is 2. The Hall–Kier alpha value is -3.97. The van der Waals surface area contributed by atoms with Crippen molar-refractivity contribution >= 4 is 11.0 Å². The highest BCUT2D eigenvalue weighted by Crippen LogP contribution is 2.42. The number of rotatable bonds is 12. The molecule has 6 rings (SSSR count). The van der Waals surface area contributed by atoms with Crippen LogP contribution in [0.15, 0.2) is 51.2 Å². The van der Waals surface area contributed by atoms with Crippen LogP contribution in [0.1, 0.15) is 26.3 Å². The molecule has 1 aromatic heterocycles. The molecular weight excluding hydrogens is 788 g/mol. The zero-order valence-corrected chi connectivity index (χ0v) is 32.3. The Bertz CT molecular complexity index is 1990.